The fourth-order valence-corrected chi connectivity index (χ4v) is 3.90. The van der Waals surface area contributed by atoms with Crippen LogP contribution in [0.1, 0.15) is 46.6 Å². The Morgan fingerprint density at radius 2 is 1.72 bits per heavy atom. The Morgan fingerprint density at radius 3 is 2.31 bits per heavy atom. The zero-order chi connectivity index (χ0) is 20.9. The molecule has 1 aromatic heterocycles. The molecule has 0 aliphatic carbocycles. The molecule has 3 rings (SSSR count). The molecule has 7 heteroatoms. The van der Waals surface area contributed by atoms with Crippen molar-refractivity contribution in [1.82, 2.24) is 10.0 Å². The van der Waals surface area contributed by atoms with E-state index in [4.69, 9.17) is 4.42 Å². The molecule has 0 saturated carbocycles. The molecule has 29 heavy (non-hydrogen) atoms. The largest absolute Gasteiger partial charge is 0.468 e. The molecule has 1 atom stereocenters. The van der Waals surface area contributed by atoms with E-state index >= 15 is 0 Å². The lowest BCUT2D eigenvalue weighted by atomic mass is 10.0. The van der Waals surface area contributed by atoms with E-state index in [9.17, 15) is 13.2 Å². The normalized spacial score (nSPS) is 12.5. The number of hydrogen-bond donors (Lipinski definition) is 2. The smallest absolute Gasteiger partial charge is 0.251 e. The van der Waals surface area contributed by atoms with Crippen molar-refractivity contribution in [3.8, 4) is 0 Å². The van der Waals surface area contributed by atoms with Crippen molar-refractivity contribution < 1.29 is 17.6 Å². The van der Waals surface area contributed by atoms with Gasteiger partial charge in [-0.25, -0.2) is 13.1 Å². The van der Waals surface area contributed by atoms with E-state index < -0.39 is 10.0 Å². The van der Waals surface area contributed by atoms with E-state index in [1.54, 1.807) is 12.1 Å². The number of benzene rings is 2. The van der Waals surface area contributed by atoms with E-state index in [2.05, 4.69) is 10.0 Å². The van der Waals surface area contributed by atoms with Gasteiger partial charge in [-0.2, -0.15) is 0 Å². The number of nitrogens with one attached hydrogen (secondary N) is 2. The van der Waals surface area contributed by atoms with E-state index in [1.165, 1.54) is 30.5 Å². The maximum absolute atomic E-state index is 12.6. The summed E-state index contributed by atoms with van der Waals surface area (Å²) >= 11 is 0. The van der Waals surface area contributed by atoms with Gasteiger partial charge in [0.05, 0.1) is 23.7 Å². The van der Waals surface area contributed by atoms with Crippen LogP contribution < -0.4 is 10.0 Å². The second-order valence-electron chi connectivity index (χ2n) is 6.77. The van der Waals surface area contributed by atoms with Crippen molar-refractivity contribution in [2.45, 2.75) is 37.8 Å². The quantitative estimate of drug-likeness (QED) is 0.586. The number of furan rings is 1. The summed E-state index contributed by atoms with van der Waals surface area (Å²) in [5, 5.41) is 3.00. The first-order chi connectivity index (χ1) is 13.9. The van der Waals surface area contributed by atoms with E-state index in [0.717, 1.165) is 17.5 Å². The number of rotatable bonds is 8. The van der Waals surface area contributed by atoms with E-state index in [0.29, 0.717) is 11.3 Å². The predicted octanol–water partition coefficient (Wildman–Crippen LogP) is 3.95. The second kappa shape index (κ2) is 9.07. The SMILES string of the molecule is CCC(NC(=O)c1ccc(S(=O)(=O)NCc2ccco2)cc1)c1ccc(C)cc1. The highest BCUT2D eigenvalue weighted by molar-refractivity contribution is 7.89. The Balaban J connectivity index is 1.66. The minimum atomic E-state index is -3.70. The van der Waals surface area contributed by atoms with Crippen molar-refractivity contribution in [3.05, 3.63) is 89.4 Å². The zero-order valence-electron chi connectivity index (χ0n) is 16.4. The summed E-state index contributed by atoms with van der Waals surface area (Å²) in [4.78, 5) is 12.7. The van der Waals surface area contributed by atoms with Crippen LogP contribution in [0.5, 0.6) is 0 Å². The number of sulfonamides is 1. The molecule has 0 aliphatic heterocycles. The third-order valence-electron chi connectivity index (χ3n) is 4.64. The lowest BCUT2D eigenvalue weighted by Crippen LogP contribution is -2.28. The highest BCUT2D eigenvalue weighted by Crippen LogP contribution is 2.18. The van der Waals surface area contributed by atoms with Gasteiger partial charge in [-0.15, -0.1) is 0 Å². The Morgan fingerprint density at radius 1 is 1.03 bits per heavy atom. The van der Waals surface area contributed by atoms with Crippen LogP contribution in [-0.2, 0) is 16.6 Å². The topological polar surface area (TPSA) is 88.4 Å². The number of aryl methyl sites for hydroxylation is 1. The summed E-state index contributed by atoms with van der Waals surface area (Å²) in [6.45, 7) is 4.08. The number of hydrogen-bond acceptors (Lipinski definition) is 4. The molecule has 0 radical (unpaired) electrons. The summed E-state index contributed by atoms with van der Waals surface area (Å²) in [5.74, 6) is 0.274. The molecule has 6 nitrogen and oxygen atoms in total. The summed E-state index contributed by atoms with van der Waals surface area (Å²) in [6, 6.07) is 17.2. The van der Waals surface area contributed by atoms with Crippen molar-refractivity contribution in [2.75, 3.05) is 0 Å². The molecule has 1 unspecified atom stereocenters. The van der Waals surface area contributed by atoms with Gasteiger partial charge in [-0.1, -0.05) is 36.8 Å². The van der Waals surface area contributed by atoms with Gasteiger partial charge in [0, 0.05) is 5.56 Å². The molecule has 0 fully saturated rings. The van der Waals surface area contributed by atoms with Crippen LogP contribution >= 0.6 is 0 Å². The van der Waals surface area contributed by atoms with Gasteiger partial charge in [-0.05, 0) is 55.3 Å². The third-order valence-corrected chi connectivity index (χ3v) is 6.05. The van der Waals surface area contributed by atoms with Crippen LogP contribution in [0.2, 0.25) is 0 Å². The Kier molecular flexibility index (Phi) is 6.51. The van der Waals surface area contributed by atoms with Crippen molar-refractivity contribution in [3.63, 3.8) is 0 Å². The first kappa shape index (κ1) is 20.8. The lowest BCUT2D eigenvalue weighted by Gasteiger charge is -2.18. The number of carbonyl (C=O) groups is 1. The number of amides is 1. The third kappa shape index (κ3) is 5.34. The molecule has 3 aromatic rings. The average molecular weight is 413 g/mol. The second-order valence-corrected chi connectivity index (χ2v) is 8.54. The molecule has 152 valence electrons. The van der Waals surface area contributed by atoms with E-state index in [-0.39, 0.29) is 23.4 Å². The Labute approximate surface area is 171 Å². The Bertz CT molecular complexity index is 1040. The molecular weight excluding hydrogens is 388 g/mol. The van der Waals surface area contributed by atoms with Gasteiger partial charge < -0.3 is 9.73 Å². The highest BCUT2D eigenvalue weighted by Gasteiger charge is 2.17. The summed E-state index contributed by atoms with van der Waals surface area (Å²) < 4.78 is 32.4. The first-order valence-corrected chi connectivity index (χ1v) is 10.9. The molecule has 2 aromatic carbocycles. The van der Waals surface area contributed by atoms with Crippen LogP contribution in [0.15, 0.2) is 76.2 Å². The van der Waals surface area contributed by atoms with Gasteiger partial charge >= 0.3 is 0 Å². The monoisotopic (exact) mass is 412 g/mol. The van der Waals surface area contributed by atoms with E-state index in [1.807, 2.05) is 38.1 Å². The maximum Gasteiger partial charge on any atom is 0.251 e. The minimum Gasteiger partial charge on any atom is -0.468 e. The molecule has 0 bridgehead atoms. The van der Waals surface area contributed by atoms with Crippen LogP contribution in [0.3, 0.4) is 0 Å². The van der Waals surface area contributed by atoms with Gasteiger partial charge in [0.2, 0.25) is 10.0 Å². The molecule has 0 aliphatic rings. The fraction of sp³-hybridized carbons (Fsp3) is 0.227. The average Bonchev–Trinajstić information content (AvgIpc) is 3.25. The number of carbonyl (C=O) groups excluding carboxylic acids is 1. The van der Waals surface area contributed by atoms with Crippen LogP contribution in [-0.4, -0.2) is 14.3 Å². The fourth-order valence-electron chi connectivity index (χ4n) is 2.91. The highest BCUT2D eigenvalue weighted by atomic mass is 32.2. The standard InChI is InChI=1S/C22H24N2O4S/c1-3-21(17-8-6-16(2)7-9-17)24-22(25)18-10-12-20(13-11-18)29(26,27)23-15-19-5-4-14-28-19/h4-14,21,23H,3,15H2,1-2H3,(H,24,25). The van der Waals surface area contributed by atoms with Crippen molar-refractivity contribution in [1.29, 1.82) is 0 Å². The van der Waals surface area contributed by atoms with Gasteiger partial charge in [0.1, 0.15) is 5.76 Å². The maximum atomic E-state index is 12.6. The Hall–Kier alpha value is -2.90. The molecular formula is C22H24N2O4S. The summed E-state index contributed by atoms with van der Waals surface area (Å²) in [6.07, 6.45) is 2.23. The first-order valence-electron chi connectivity index (χ1n) is 9.38. The van der Waals surface area contributed by atoms with Crippen molar-refractivity contribution in [2.24, 2.45) is 0 Å². The summed E-state index contributed by atoms with van der Waals surface area (Å²) in [5.41, 5.74) is 2.60. The predicted molar refractivity (Wildman–Crippen MR) is 111 cm³/mol. The molecule has 0 saturated heterocycles. The molecule has 0 spiro atoms. The van der Waals surface area contributed by atoms with Gasteiger partial charge in [0.15, 0.2) is 0 Å². The molecule has 2 N–H and O–H groups in total. The summed E-state index contributed by atoms with van der Waals surface area (Å²) in [7, 11) is -3.70. The lowest BCUT2D eigenvalue weighted by molar-refractivity contribution is 0.0935. The van der Waals surface area contributed by atoms with Crippen molar-refractivity contribution >= 4 is 15.9 Å². The van der Waals surface area contributed by atoms with Crippen LogP contribution in [0.25, 0.3) is 0 Å². The van der Waals surface area contributed by atoms with Gasteiger partial charge in [-0.3, -0.25) is 4.79 Å². The van der Waals surface area contributed by atoms with Crippen LogP contribution in [0.4, 0.5) is 0 Å². The van der Waals surface area contributed by atoms with Crippen LogP contribution in [0, 0.1) is 6.92 Å². The zero-order valence-corrected chi connectivity index (χ0v) is 17.2. The minimum absolute atomic E-state index is 0.0618. The molecule has 1 heterocycles. The van der Waals surface area contributed by atoms with Gasteiger partial charge in [0.25, 0.3) is 5.91 Å². The molecule has 1 amide bonds.